The number of hydrogen-bond donors (Lipinski definition) is 3. The molecule has 3 aromatic carbocycles. The van der Waals surface area contributed by atoms with E-state index in [1.165, 1.54) is 6.21 Å². The second kappa shape index (κ2) is 11.1. The molecule has 0 atom stereocenters. The molecule has 32 heavy (non-hydrogen) atoms. The van der Waals surface area contributed by atoms with Crippen LogP contribution < -0.4 is 20.8 Å². The van der Waals surface area contributed by atoms with Gasteiger partial charge in [-0.05, 0) is 66.6 Å². The van der Waals surface area contributed by atoms with Gasteiger partial charge in [0.15, 0.2) is 6.61 Å². The maximum Gasteiger partial charge on any atom is 0.329 e. The fourth-order valence-corrected chi connectivity index (χ4v) is 2.64. The van der Waals surface area contributed by atoms with E-state index in [9.17, 15) is 14.4 Å². The number of nitrogens with one attached hydrogen (secondary N) is 3. The van der Waals surface area contributed by atoms with Crippen LogP contribution in [0.3, 0.4) is 0 Å². The lowest BCUT2D eigenvalue weighted by atomic mass is 10.2. The van der Waals surface area contributed by atoms with E-state index in [2.05, 4.69) is 21.2 Å². The Morgan fingerprint density at radius 2 is 1.56 bits per heavy atom. The third kappa shape index (κ3) is 7.10. The Morgan fingerprint density at radius 1 is 0.844 bits per heavy atom. The summed E-state index contributed by atoms with van der Waals surface area (Å²) in [5, 5.41) is 9.02. The first-order valence-corrected chi connectivity index (χ1v) is 9.78. The number of rotatable bonds is 7. The monoisotopic (exact) mass is 430 g/mol. The summed E-state index contributed by atoms with van der Waals surface area (Å²) in [7, 11) is 0. The number of carbonyl (C=O) groups excluding carboxylic acids is 3. The molecule has 0 heterocycles. The summed E-state index contributed by atoms with van der Waals surface area (Å²) in [5.74, 6) is -1.46. The highest BCUT2D eigenvalue weighted by Gasteiger charge is 2.12. The first-order valence-electron chi connectivity index (χ1n) is 9.78. The van der Waals surface area contributed by atoms with E-state index in [1.54, 1.807) is 54.6 Å². The van der Waals surface area contributed by atoms with E-state index in [4.69, 9.17) is 4.74 Å². The van der Waals surface area contributed by atoms with Gasteiger partial charge in [0, 0.05) is 11.4 Å². The van der Waals surface area contributed by atoms with E-state index in [1.807, 2.05) is 31.2 Å². The Balaban J connectivity index is 1.43. The number of anilines is 2. The molecule has 162 valence electrons. The van der Waals surface area contributed by atoms with Crippen molar-refractivity contribution < 1.29 is 19.1 Å². The van der Waals surface area contributed by atoms with Gasteiger partial charge in [-0.15, -0.1) is 0 Å². The SMILES string of the molecule is Cc1cccc(NC(=O)C(=O)N/N=C/c2ccc(OCC(=O)Nc3ccccc3)cc2)c1. The highest BCUT2D eigenvalue weighted by atomic mass is 16.5. The molecular weight excluding hydrogens is 408 g/mol. The van der Waals surface area contributed by atoms with Crippen LogP contribution in [0.15, 0.2) is 84.0 Å². The molecule has 0 aliphatic carbocycles. The number of nitrogens with zero attached hydrogens (tertiary/aromatic N) is 1. The summed E-state index contributed by atoms with van der Waals surface area (Å²) >= 11 is 0. The second-order valence-corrected chi connectivity index (χ2v) is 6.79. The minimum atomic E-state index is -0.882. The molecular formula is C24H22N4O4. The summed E-state index contributed by atoms with van der Waals surface area (Å²) in [6.45, 7) is 1.75. The van der Waals surface area contributed by atoms with Gasteiger partial charge in [-0.2, -0.15) is 5.10 Å². The number of amides is 3. The van der Waals surface area contributed by atoms with Gasteiger partial charge in [0.1, 0.15) is 5.75 Å². The lowest BCUT2D eigenvalue weighted by Crippen LogP contribution is -2.32. The fraction of sp³-hybridized carbons (Fsp3) is 0.0833. The topological polar surface area (TPSA) is 109 Å². The van der Waals surface area contributed by atoms with Crippen molar-refractivity contribution in [2.75, 3.05) is 17.2 Å². The van der Waals surface area contributed by atoms with E-state index in [0.717, 1.165) is 5.56 Å². The van der Waals surface area contributed by atoms with Crippen molar-refractivity contribution >= 4 is 35.3 Å². The summed E-state index contributed by atoms with van der Waals surface area (Å²) in [6.07, 6.45) is 1.39. The normalized spacial score (nSPS) is 10.4. The number of carbonyl (C=O) groups is 3. The maximum absolute atomic E-state index is 11.9. The van der Waals surface area contributed by atoms with Gasteiger partial charge in [-0.1, -0.05) is 30.3 Å². The van der Waals surface area contributed by atoms with Gasteiger partial charge in [0.2, 0.25) is 0 Å². The van der Waals surface area contributed by atoms with Crippen LogP contribution in [0.5, 0.6) is 5.75 Å². The van der Waals surface area contributed by atoms with Crippen LogP contribution in [0, 0.1) is 6.92 Å². The summed E-state index contributed by atoms with van der Waals surface area (Å²) in [6, 6.07) is 23.0. The highest BCUT2D eigenvalue weighted by Crippen LogP contribution is 2.12. The molecule has 0 unspecified atom stereocenters. The summed E-state index contributed by atoms with van der Waals surface area (Å²) in [5.41, 5.74) is 5.04. The number of aryl methyl sites for hydroxylation is 1. The van der Waals surface area contributed by atoms with Gasteiger partial charge in [-0.3, -0.25) is 14.4 Å². The Hall–Kier alpha value is -4.46. The molecule has 3 aromatic rings. The number of benzene rings is 3. The molecule has 0 aromatic heterocycles. The van der Waals surface area contributed by atoms with Crippen LogP contribution in [0.2, 0.25) is 0 Å². The summed E-state index contributed by atoms with van der Waals surface area (Å²) in [4.78, 5) is 35.7. The van der Waals surface area contributed by atoms with Crippen LogP contribution in [-0.4, -0.2) is 30.5 Å². The first-order chi connectivity index (χ1) is 15.5. The smallest absolute Gasteiger partial charge is 0.329 e. The number of hydrazone groups is 1. The highest BCUT2D eigenvalue weighted by molar-refractivity contribution is 6.39. The van der Waals surface area contributed by atoms with Crippen LogP contribution in [0.4, 0.5) is 11.4 Å². The second-order valence-electron chi connectivity index (χ2n) is 6.79. The van der Waals surface area contributed by atoms with E-state index >= 15 is 0 Å². The quantitative estimate of drug-likeness (QED) is 0.304. The minimum absolute atomic E-state index is 0.131. The lowest BCUT2D eigenvalue weighted by Gasteiger charge is -2.07. The zero-order valence-corrected chi connectivity index (χ0v) is 17.4. The van der Waals surface area contributed by atoms with Crippen LogP contribution in [-0.2, 0) is 14.4 Å². The Labute approximate surface area is 185 Å². The predicted octanol–water partition coefficient (Wildman–Crippen LogP) is 3.10. The molecule has 3 rings (SSSR count). The van der Waals surface area contributed by atoms with Crippen molar-refractivity contribution in [3.8, 4) is 5.75 Å². The van der Waals surface area contributed by atoms with Gasteiger partial charge in [0.05, 0.1) is 6.21 Å². The summed E-state index contributed by atoms with van der Waals surface area (Å²) < 4.78 is 5.45. The molecule has 0 fully saturated rings. The maximum atomic E-state index is 11.9. The Kier molecular flexibility index (Phi) is 7.69. The van der Waals surface area contributed by atoms with Crippen molar-refractivity contribution in [1.29, 1.82) is 0 Å². The molecule has 3 amide bonds. The van der Waals surface area contributed by atoms with E-state index < -0.39 is 11.8 Å². The van der Waals surface area contributed by atoms with Crippen LogP contribution in [0.25, 0.3) is 0 Å². The van der Waals surface area contributed by atoms with Crippen LogP contribution in [0.1, 0.15) is 11.1 Å². The zero-order valence-electron chi connectivity index (χ0n) is 17.4. The molecule has 0 saturated heterocycles. The minimum Gasteiger partial charge on any atom is -0.484 e. The molecule has 3 N–H and O–H groups in total. The van der Waals surface area contributed by atoms with Gasteiger partial charge < -0.3 is 15.4 Å². The average Bonchev–Trinajstić information content (AvgIpc) is 2.79. The Bertz CT molecular complexity index is 1110. The van der Waals surface area contributed by atoms with E-state index in [0.29, 0.717) is 22.7 Å². The molecule has 0 aliphatic heterocycles. The standard InChI is InChI=1S/C24H22N4O4/c1-17-6-5-9-20(14-17)27-23(30)24(31)28-25-15-18-10-12-21(13-11-18)32-16-22(29)26-19-7-3-2-4-8-19/h2-15H,16H2,1H3,(H,26,29)(H,27,30)(H,28,31)/b25-15+. The number of hydrogen-bond acceptors (Lipinski definition) is 5. The van der Waals surface area contributed by atoms with Crippen molar-refractivity contribution in [3.63, 3.8) is 0 Å². The fourth-order valence-electron chi connectivity index (χ4n) is 2.64. The average molecular weight is 430 g/mol. The van der Waals surface area contributed by atoms with Crippen molar-refractivity contribution in [3.05, 3.63) is 90.0 Å². The Morgan fingerprint density at radius 3 is 2.28 bits per heavy atom. The largest absolute Gasteiger partial charge is 0.484 e. The van der Waals surface area contributed by atoms with Gasteiger partial charge in [0.25, 0.3) is 5.91 Å². The van der Waals surface area contributed by atoms with Gasteiger partial charge in [-0.25, -0.2) is 5.43 Å². The molecule has 0 bridgehead atoms. The first kappa shape index (κ1) is 22.2. The lowest BCUT2D eigenvalue weighted by molar-refractivity contribution is -0.136. The molecule has 8 nitrogen and oxygen atoms in total. The molecule has 0 aliphatic rings. The molecule has 0 spiro atoms. The van der Waals surface area contributed by atoms with E-state index in [-0.39, 0.29) is 12.5 Å². The van der Waals surface area contributed by atoms with Crippen molar-refractivity contribution in [1.82, 2.24) is 5.43 Å². The van der Waals surface area contributed by atoms with Crippen molar-refractivity contribution in [2.24, 2.45) is 5.10 Å². The third-order valence-electron chi connectivity index (χ3n) is 4.17. The number of para-hydroxylation sites is 1. The molecule has 0 radical (unpaired) electrons. The predicted molar refractivity (Wildman–Crippen MR) is 123 cm³/mol. The van der Waals surface area contributed by atoms with Crippen LogP contribution >= 0.6 is 0 Å². The van der Waals surface area contributed by atoms with Crippen molar-refractivity contribution in [2.45, 2.75) is 6.92 Å². The van der Waals surface area contributed by atoms with Gasteiger partial charge >= 0.3 is 11.8 Å². The zero-order chi connectivity index (χ0) is 22.8. The molecule has 0 saturated carbocycles. The molecule has 8 heteroatoms. The third-order valence-corrected chi connectivity index (χ3v) is 4.17. The number of ether oxygens (including phenoxy) is 1.